The van der Waals surface area contributed by atoms with E-state index in [-0.39, 0.29) is 5.92 Å². The first kappa shape index (κ1) is 18.1. The van der Waals surface area contributed by atoms with Gasteiger partial charge in [0.2, 0.25) is 0 Å². The molecule has 3 aromatic rings. The number of unbranched alkanes of at least 4 members (excludes halogenated alkanes) is 1. The van der Waals surface area contributed by atoms with Crippen LogP contribution in [0.2, 0.25) is 0 Å². The third-order valence-electron chi connectivity index (χ3n) is 5.94. The summed E-state index contributed by atoms with van der Waals surface area (Å²) < 4.78 is 41.5. The van der Waals surface area contributed by atoms with Crippen LogP contribution in [0.5, 0.6) is 0 Å². The number of fused-ring (bicyclic) bond motifs is 3. The highest BCUT2D eigenvalue weighted by molar-refractivity contribution is 5.87. The number of hydrogen-bond acceptors (Lipinski definition) is 0. The molecule has 0 amide bonds. The molecular formula is C24H23F3. The minimum absolute atomic E-state index is 0.102. The van der Waals surface area contributed by atoms with Crippen LogP contribution in [0.25, 0.3) is 10.8 Å². The van der Waals surface area contributed by atoms with Crippen molar-refractivity contribution in [2.45, 2.75) is 44.9 Å². The molecule has 27 heavy (non-hydrogen) atoms. The van der Waals surface area contributed by atoms with Gasteiger partial charge in [0.25, 0.3) is 0 Å². The first-order chi connectivity index (χ1) is 13.1. The third kappa shape index (κ3) is 3.24. The van der Waals surface area contributed by atoms with Crippen LogP contribution < -0.4 is 0 Å². The molecule has 1 aliphatic rings. The molecule has 2 atom stereocenters. The minimum atomic E-state index is -1.39. The molecule has 0 saturated heterocycles. The van der Waals surface area contributed by atoms with Crippen molar-refractivity contribution < 1.29 is 13.2 Å². The van der Waals surface area contributed by atoms with Crippen LogP contribution in [-0.2, 0) is 6.42 Å². The van der Waals surface area contributed by atoms with Crippen molar-refractivity contribution in [1.29, 1.82) is 0 Å². The summed E-state index contributed by atoms with van der Waals surface area (Å²) in [6, 6.07) is 14.8. The molecule has 0 radical (unpaired) electrons. The van der Waals surface area contributed by atoms with Gasteiger partial charge in [-0.15, -0.1) is 0 Å². The Balaban J connectivity index is 1.89. The summed E-state index contributed by atoms with van der Waals surface area (Å²) in [5, 5.41) is 2.38. The van der Waals surface area contributed by atoms with Gasteiger partial charge >= 0.3 is 0 Å². The van der Waals surface area contributed by atoms with Gasteiger partial charge in [0.05, 0.1) is 0 Å². The number of hydrogen-bond donors (Lipinski definition) is 0. The molecule has 0 unspecified atom stereocenters. The monoisotopic (exact) mass is 368 g/mol. The van der Waals surface area contributed by atoms with Crippen molar-refractivity contribution in [3.8, 4) is 0 Å². The fraction of sp³-hybridized carbons (Fsp3) is 0.333. The predicted molar refractivity (Wildman–Crippen MR) is 103 cm³/mol. The van der Waals surface area contributed by atoms with Crippen molar-refractivity contribution >= 4 is 10.8 Å². The average molecular weight is 368 g/mol. The Morgan fingerprint density at radius 1 is 0.963 bits per heavy atom. The van der Waals surface area contributed by atoms with E-state index in [1.807, 2.05) is 12.1 Å². The van der Waals surface area contributed by atoms with Crippen LogP contribution in [0.15, 0.2) is 48.5 Å². The molecule has 0 saturated carbocycles. The van der Waals surface area contributed by atoms with E-state index < -0.39 is 17.5 Å². The molecule has 0 heterocycles. The first-order valence-corrected chi connectivity index (χ1v) is 9.75. The summed E-state index contributed by atoms with van der Waals surface area (Å²) in [4.78, 5) is 0. The van der Waals surface area contributed by atoms with Gasteiger partial charge in [-0.1, -0.05) is 56.2 Å². The smallest absolute Gasteiger partial charge is 0.194 e. The normalized spacial score (nSPS) is 19.3. The Labute approximate surface area is 158 Å². The Bertz CT molecular complexity index is 954. The van der Waals surface area contributed by atoms with Crippen molar-refractivity contribution in [3.63, 3.8) is 0 Å². The minimum Gasteiger partial charge on any atom is -0.204 e. The number of rotatable bonds is 4. The van der Waals surface area contributed by atoms with Crippen LogP contribution in [0.3, 0.4) is 0 Å². The zero-order valence-corrected chi connectivity index (χ0v) is 15.4. The lowest BCUT2D eigenvalue weighted by Crippen LogP contribution is -2.22. The van der Waals surface area contributed by atoms with Gasteiger partial charge in [-0.2, -0.15) is 0 Å². The number of halogens is 3. The predicted octanol–water partition coefficient (Wildman–Crippen LogP) is 7.14. The van der Waals surface area contributed by atoms with Crippen LogP contribution in [-0.4, -0.2) is 0 Å². The molecule has 0 fully saturated rings. The summed E-state index contributed by atoms with van der Waals surface area (Å²) >= 11 is 0. The fourth-order valence-electron chi connectivity index (χ4n) is 4.66. The molecule has 140 valence electrons. The lowest BCUT2D eigenvalue weighted by molar-refractivity contribution is 0.368. The Hall–Kier alpha value is -2.29. The van der Waals surface area contributed by atoms with Gasteiger partial charge in [0, 0.05) is 5.92 Å². The quantitative estimate of drug-likeness (QED) is 0.429. The molecule has 0 aromatic heterocycles. The second-order valence-corrected chi connectivity index (χ2v) is 7.57. The summed E-state index contributed by atoms with van der Waals surface area (Å²) in [6.45, 7) is 2.15. The molecule has 4 rings (SSSR count). The van der Waals surface area contributed by atoms with Crippen molar-refractivity contribution in [2.75, 3.05) is 0 Å². The van der Waals surface area contributed by atoms with Gasteiger partial charge in [0.15, 0.2) is 17.5 Å². The topological polar surface area (TPSA) is 0 Å². The number of aryl methyl sites for hydroxylation is 1. The standard InChI is InChI=1S/C24H23F3/c1-2-3-6-16-10-11-19-18-8-5-4-7-15(18)9-12-20(19)23(16)17-13-21(25)24(27)22(26)14-17/h4-5,7-9,12-14,16,23H,2-3,6,10-11H2,1H3/t16-,23-/m1/s1. The largest absolute Gasteiger partial charge is 0.204 e. The highest BCUT2D eigenvalue weighted by Crippen LogP contribution is 2.45. The summed E-state index contributed by atoms with van der Waals surface area (Å²) in [6.07, 6.45) is 5.12. The van der Waals surface area contributed by atoms with E-state index in [4.69, 9.17) is 0 Å². The number of benzene rings is 3. The molecule has 3 heteroatoms. The van der Waals surface area contributed by atoms with E-state index in [9.17, 15) is 13.2 Å². The Morgan fingerprint density at radius 3 is 2.44 bits per heavy atom. The first-order valence-electron chi connectivity index (χ1n) is 9.75. The van der Waals surface area contributed by atoms with E-state index in [0.29, 0.717) is 11.5 Å². The van der Waals surface area contributed by atoms with Crippen molar-refractivity contribution in [2.24, 2.45) is 5.92 Å². The second kappa shape index (κ2) is 7.38. The zero-order chi connectivity index (χ0) is 19.0. The van der Waals surface area contributed by atoms with Crippen LogP contribution in [0.4, 0.5) is 13.2 Å². The van der Waals surface area contributed by atoms with Crippen LogP contribution >= 0.6 is 0 Å². The second-order valence-electron chi connectivity index (χ2n) is 7.57. The van der Waals surface area contributed by atoms with E-state index in [1.165, 1.54) is 28.5 Å². The van der Waals surface area contributed by atoms with E-state index in [2.05, 4.69) is 31.2 Å². The maximum absolute atomic E-state index is 14.0. The zero-order valence-electron chi connectivity index (χ0n) is 15.4. The van der Waals surface area contributed by atoms with Gasteiger partial charge in [-0.25, -0.2) is 13.2 Å². The highest BCUT2D eigenvalue weighted by Gasteiger charge is 2.32. The van der Waals surface area contributed by atoms with Crippen LogP contribution in [0.1, 0.15) is 55.2 Å². The maximum Gasteiger partial charge on any atom is 0.194 e. The van der Waals surface area contributed by atoms with Gasteiger partial charge in [-0.3, -0.25) is 0 Å². The molecule has 0 spiro atoms. The molecule has 0 N–H and O–H groups in total. The lowest BCUT2D eigenvalue weighted by atomic mass is 9.69. The highest BCUT2D eigenvalue weighted by atomic mass is 19.2. The molecule has 0 bridgehead atoms. The summed E-state index contributed by atoms with van der Waals surface area (Å²) in [5.41, 5.74) is 2.94. The van der Waals surface area contributed by atoms with Crippen molar-refractivity contribution in [3.05, 3.63) is 82.7 Å². The van der Waals surface area contributed by atoms with Crippen LogP contribution in [0, 0.1) is 23.4 Å². The lowest BCUT2D eigenvalue weighted by Gasteiger charge is -2.35. The summed E-state index contributed by atoms with van der Waals surface area (Å²) in [5.74, 6) is -3.39. The Morgan fingerprint density at radius 2 is 1.70 bits per heavy atom. The van der Waals surface area contributed by atoms with Gasteiger partial charge in [0.1, 0.15) is 0 Å². The maximum atomic E-state index is 14.0. The van der Waals surface area contributed by atoms with Gasteiger partial charge in [-0.05, 0) is 64.8 Å². The Kier molecular flexibility index (Phi) is 4.94. The molecule has 0 aliphatic heterocycles. The molecule has 3 aromatic carbocycles. The SMILES string of the molecule is CCCC[C@@H]1CCc2c(ccc3ccccc23)[C@H]1c1cc(F)c(F)c(F)c1. The van der Waals surface area contributed by atoms with Crippen molar-refractivity contribution in [1.82, 2.24) is 0 Å². The molecule has 0 nitrogen and oxygen atoms in total. The van der Waals surface area contributed by atoms with Gasteiger partial charge < -0.3 is 0 Å². The summed E-state index contributed by atoms with van der Waals surface area (Å²) in [7, 11) is 0. The fourth-order valence-corrected chi connectivity index (χ4v) is 4.66. The van der Waals surface area contributed by atoms with E-state index in [1.54, 1.807) is 0 Å². The average Bonchev–Trinajstić information content (AvgIpc) is 2.69. The van der Waals surface area contributed by atoms with E-state index in [0.717, 1.165) is 37.7 Å². The third-order valence-corrected chi connectivity index (χ3v) is 5.94. The molecule has 1 aliphatic carbocycles. The van der Waals surface area contributed by atoms with E-state index >= 15 is 0 Å². The molecular weight excluding hydrogens is 345 g/mol.